The van der Waals surface area contributed by atoms with Gasteiger partial charge in [-0.2, -0.15) is 0 Å². The molecule has 170 valence electrons. The van der Waals surface area contributed by atoms with Gasteiger partial charge in [0.05, 0.1) is 12.3 Å². The van der Waals surface area contributed by atoms with E-state index in [1.807, 2.05) is 24.3 Å². The molecule has 2 aliphatic rings. The van der Waals surface area contributed by atoms with E-state index in [1.54, 1.807) is 11.9 Å². The Morgan fingerprint density at radius 2 is 2.06 bits per heavy atom. The third-order valence-electron chi connectivity index (χ3n) is 5.72. The smallest absolute Gasteiger partial charge is 0.265 e. The Morgan fingerprint density at radius 1 is 1.22 bits per heavy atom. The Balaban J connectivity index is 1.25. The van der Waals surface area contributed by atoms with Crippen molar-refractivity contribution in [1.29, 1.82) is 0 Å². The van der Waals surface area contributed by atoms with E-state index in [0.717, 1.165) is 47.7 Å². The molecule has 0 aromatic heterocycles. The van der Waals surface area contributed by atoms with Crippen molar-refractivity contribution in [2.75, 3.05) is 38.3 Å². The predicted octanol–water partition coefficient (Wildman–Crippen LogP) is 3.26. The van der Waals surface area contributed by atoms with Crippen molar-refractivity contribution >= 4 is 17.6 Å². The third-order valence-corrected chi connectivity index (χ3v) is 5.72. The number of carbonyl (C=O) groups is 1. The first-order chi connectivity index (χ1) is 15.6. The number of nitrogens with one attached hydrogen (secondary N) is 2. The van der Waals surface area contributed by atoms with Gasteiger partial charge in [-0.05, 0) is 55.9 Å². The molecular weight excluding hydrogens is 404 g/mol. The van der Waals surface area contributed by atoms with Crippen molar-refractivity contribution in [3.63, 3.8) is 0 Å². The summed E-state index contributed by atoms with van der Waals surface area (Å²) in [4.78, 5) is 18.4. The number of rotatable bonds is 9. The van der Waals surface area contributed by atoms with Gasteiger partial charge in [0.1, 0.15) is 11.5 Å². The SMILES string of the molecule is CN=C(NCCCN1C(=O)COc2ccccc21)NCc1ccc(C)cc1OCC1CC1. The van der Waals surface area contributed by atoms with Gasteiger partial charge < -0.3 is 25.0 Å². The normalized spacial score (nSPS) is 15.8. The molecule has 7 heteroatoms. The maximum atomic E-state index is 12.3. The van der Waals surface area contributed by atoms with Gasteiger partial charge in [0.25, 0.3) is 5.91 Å². The molecule has 1 heterocycles. The van der Waals surface area contributed by atoms with Crippen LogP contribution in [0.15, 0.2) is 47.5 Å². The zero-order chi connectivity index (χ0) is 22.3. The first-order valence-electron chi connectivity index (χ1n) is 11.3. The molecule has 1 saturated carbocycles. The van der Waals surface area contributed by atoms with Crippen molar-refractivity contribution < 1.29 is 14.3 Å². The minimum absolute atomic E-state index is 0.00990. The monoisotopic (exact) mass is 436 g/mol. The second-order valence-electron chi connectivity index (χ2n) is 8.37. The molecule has 0 radical (unpaired) electrons. The van der Waals surface area contributed by atoms with Crippen LogP contribution in [0, 0.1) is 12.8 Å². The fourth-order valence-corrected chi connectivity index (χ4v) is 3.68. The second-order valence-corrected chi connectivity index (χ2v) is 8.37. The standard InChI is InChI=1S/C25H32N4O3/c1-18-8-11-20(23(14-18)31-16-19-9-10-19)15-28-25(26-2)27-12-5-13-29-21-6-3-4-7-22(21)32-17-24(29)30/h3-4,6-8,11,14,19H,5,9-10,12-13,15-17H2,1-2H3,(H2,26,27,28). The summed E-state index contributed by atoms with van der Waals surface area (Å²) in [6, 6.07) is 14.0. The summed E-state index contributed by atoms with van der Waals surface area (Å²) in [7, 11) is 1.76. The van der Waals surface area contributed by atoms with Crippen LogP contribution in [-0.2, 0) is 11.3 Å². The number of amides is 1. The van der Waals surface area contributed by atoms with Crippen molar-refractivity contribution in [3.05, 3.63) is 53.6 Å². The average molecular weight is 437 g/mol. The summed E-state index contributed by atoms with van der Waals surface area (Å²) < 4.78 is 11.6. The van der Waals surface area contributed by atoms with Gasteiger partial charge >= 0.3 is 0 Å². The summed E-state index contributed by atoms with van der Waals surface area (Å²) in [5, 5.41) is 6.71. The molecule has 0 saturated heterocycles. The number of guanidine groups is 1. The maximum absolute atomic E-state index is 12.3. The second kappa shape index (κ2) is 10.4. The molecule has 2 N–H and O–H groups in total. The Hall–Kier alpha value is -3.22. The van der Waals surface area contributed by atoms with E-state index in [4.69, 9.17) is 9.47 Å². The van der Waals surface area contributed by atoms with E-state index >= 15 is 0 Å². The molecule has 0 spiro atoms. The van der Waals surface area contributed by atoms with Gasteiger partial charge in [0, 0.05) is 32.2 Å². The molecule has 0 bridgehead atoms. The van der Waals surface area contributed by atoms with Gasteiger partial charge in [0.2, 0.25) is 0 Å². The minimum atomic E-state index is -0.00990. The molecule has 0 unspecified atom stereocenters. The third kappa shape index (κ3) is 5.72. The lowest BCUT2D eigenvalue weighted by Gasteiger charge is -2.29. The lowest BCUT2D eigenvalue weighted by atomic mass is 10.1. The van der Waals surface area contributed by atoms with E-state index in [9.17, 15) is 4.79 Å². The van der Waals surface area contributed by atoms with E-state index in [-0.39, 0.29) is 12.5 Å². The van der Waals surface area contributed by atoms with Crippen LogP contribution in [-0.4, -0.2) is 45.2 Å². The summed E-state index contributed by atoms with van der Waals surface area (Å²) in [6.45, 7) is 4.93. The van der Waals surface area contributed by atoms with Crippen LogP contribution >= 0.6 is 0 Å². The van der Waals surface area contributed by atoms with E-state index in [0.29, 0.717) is 19.6 Å². The molecule has 1 aliphatic heterocycles. The van der Waals surface area contributed by atoms with E-state index in [2.05, 4.69) is 40.7 Å². The number of nitrogens with zero attached hydrogens (tertiary/aromatic N) is 2. The van der Waals surface area contributed by atoms with Crippen molar-refractivity contribution in [3.8, 4) is 11.5 Å². The Morgan fingerprint density at radius 3 is 2.88 bits per heavy atom. The van der Waals surface area contributed by atoms with Crippen molar-refractivity contribution in [1.82, 2.24) is 10.6 Å². The number of para-hydroxylation sites is 2. The van der Waals surface area contributed by atoms with E-state index < -0.39 is 0 Å². The molecule has 32 heavy (non-hydrogen) atoms. The van der Waals surface area contributed by atoms with Gasteiger partial charge in [-0.25, -0.2) is 0 Å². The fraction of sp³-hybridized carbons (Fsp3) is 0.440. The highest BCUT2D eigenvalue weighted by Gasteiger charge is 2.24. The molecule has 2 aromatic rings. The van der Waals surface area contributed by atoms with Crippen molar-refractivity contribution in [2.45, 2.75) is 32.7 Å². The summed E-state index contributed by atoms with van der Waals surface area (Å²) in [5.41, 5.74) is 3.15. The Bertz CT molecular complexity index is 971. The van der Waals surface area contributed by atoms with Crippen LogP contribution in [0.2, 0.25) is 0 Å². The molecule has 4 rings (SSSR count). The zero-order valence-corrected chi connectivity index (χ0v) is 18.9. The number of carbonyl (C=O) groups excluding carboxylic acids is 1. The summed E-state index contributed by atoms with van der Waals surface area (Å²) >= 11 is 0. The highest BCUT2D eigenvalue weighted by Crippen LogP contribution is 2.32. The van der Waals surface area contributed by atoms with Crippen LogP contribution in [0.3, 0.4) is 0 Å². The molecular formula is C25H32N4O3. The Kier molecular flexibility index (Phi) is 7.14. The topological polar surface area (TPSA) is 75.2 Å². The quantitative estimate of drug-likeness (QED) is 0.359. The number of fused-ring (bicyclic) bond motifs is 1. The van der Waals surface area contributed by atoms with Crippen molar-refractivity contribution in [2.24, 2.45) is 10.9 Å². The number of ether oxygens (including phenoxy) is 2. The fourth-order valence-electron chi connectivity index (χ4n) is 3.68. The highest BCUT2D eigenvalue weighted by molar-refractivity contribution is 5.97. The number of hydrogen-bond donors (Lipinski definition) is 2. The van der Waals surface area contributed by atoms with Crippen LogP contribution in [0.1, 0.15) is 30.4 Å². The van der Waals surface area contributed by atoms with Crippen LogP contribution in [0.4, 0.5) is 5.69 Å². The molecule has 7 nitrogen and oxygen atoms in total. The molecule has 1 fully saturated rings. The van der Waals surface area contributed by atoms with Crippen LogP contribution < -0.4 is 25.0 Å². The summed E-state index contributed by atoms with van der Waals surface area (Å²) in [6.07, 6.45) is 3.34. The Labute approximate surface area is 189 Å². The lowest BCUT2D eigenvalue weighted by Crippen LogP contribution is -2.42. The van der Waals surface area contributed by atoms with Gasteiger partial charge in [-0.1, -0.05) is 24.3 Å². The number of aliphatic imine (C=N–C) groups is 1. The maximum Gasteiger partial charge on any atom is 0.265 e. The molecule has 1 aliphatic carbocycles. The molecule has 0 atom stereocenters. The van der Waals surface area contributed by atoms with E-state index in [1.165, 1.54) is 18.4 Å². The molecule has 1 amide bonds. The van der Waals surface area contributed by atoms with Gasteiger partial charge in [-0.15, -0.1) is 0 Å². The molecule has 2 aromatic carbocycles. The summed E-state index contributed by atoms with van der Waals surface area (Å²) in [5.74, 6) is 3.15. The first-order valence-corrected chi connectivity index (χ1v) is 11.3. The minimum Gasteiger partial charge on any atom is -0.493 e. The number of anilines is 1. The van der Waals surface area contributed by atoms with Gasteiger partial charge in [-0.3, -0.25) is 9.79 Å². The number of hydrogen-bond acceptors (Lipinski definition) is 4. The highest BCUT2D eigenvalue weighted by atomic mass is 16.5. The average Bonchev–Trinajstić information content (AvgIpc) is 3.64. The number of aryl methyl sites for hydroxylation is 1. The zero-order valence-electron chi connectivity index (χ0n) is 18.9. The number of benzene rings is 2. The predicted molar refractivity (Wildman–Crippen MR) is 127 cm³/mol. The largest absolute Gasteiger partial charge is 0.493 e. The van der Waals surface area contributed by atoms with Gasteiger partial charge in [0.15, 0.2) is 12.6 Å². The van der Waals surface area contributed by atoms with Crippen LogP contribution in [0.25, 0.3) is 0 Å². The lowest BCUT2D eigenvalue weighted by molar-refractivity contribution is -0.121. The van der Waals surface area contributed by atoms with Crippen LogP contribution in [0.5, 0.6) is 11.5 Å². The first kappa shape index (κ1) is 22.0.